The maximum atomic E-state index is 13.4. The summed E-state index contributed by atoms with van der Waals surface area (Å²) in [5.41, 5.74) is 1.08. The van der Waals surface area contributed by atoms with Gasteiger partial charge in [0.1, 0.15) is 5.82 Å². The molecule has 2 nitrogen and oxygen atoms in total. The Morgan fingerprint density at radius 1 is 1.50 bits per heavy atom. The number of halogens is 2. The summed E-state index contributed by atoms with van der Waals surface area (Å²) in [6, 6.07) is 5.54. The average molecular weight is 316 g/mol. The minimum Gasteiger partial charge on any atom is -0.381 e. The lowest BCUT2D eigenvalue weighted by molar-refractivity contribution is -0.0979. The molecular weight excluding hydrogens is 297 g/mol. The van der Waals surface area contributed by atoms with Crippen LogP contribution >= 0.6 is 15.9 Å². The Hall–Kier alpha value is -0.450. The summed E-state index contributed by atoms with van der Waals surface area (Å²) in [5.74, 6) is -0.211. The van der Waals surface area contributed by atoms with Gasteiger partial charge in [-0.2, -0.15) is 0 Å². The van der Waals surface area contributed by atoms with Crippen LogP contribution in [0.5, 0.6) is 0 Å². The van der Waals surface area contributed by atoms with Crippen LogP contribution in [0.25, 0.3) is 0 Å². The molecule has 1 N–H and O–H groups in total. The van der Waals surface area contributed by atoms with Crippen LogP contribution in [0.1, 0.15) is 25.8 Å². The smallest absolute Gasteiger partial charge is 0.137 e. The second-order valence-electron chi connectivity index (χ2n) is 5.43. The van der Waals surface area contributed by atoms with E-state index in [1.807, 2.05) is 6.07 Å². The summed E-state index contributed by atoms with van der Waals surface area (Å²) in [5, 5.41) is 3.48. The van der Waals surface area contributed by atoms with Crippen LogP contribution in [-0.4, -0.2) is 19.3 Å². The number of benzene rings is 1. The first-order valence-electron chi connectivity index (χ1n) is 6.16. The highest BCUT2D eigenvalue weighted by Gasteiger charge is 2.48. The van der Waals surface area contributed by atoms with Crippen molar-refractivity contribution in [1.29, 1.82) is 0 Å². The molecule has 100 valence electrons. The van der Waals surface area contributed by atoms with Crippen LogP contribution < -0.4 is 5.32 Å². The molecule has 0 aliphatic heterocycles. The van der Waals surface area contributed by atoms with Crippen molar-refractivity contribution in [1.82, 2.24) is 5.32 Å². The first kappa shape index (κ1) is 14.0. The molecule has 1 aromatic carbocycles. The van der Waals surface area contributed by atoms with Gasteiger partial charge in [0.05, 0.1) is 10.6 Å². The fourth-order valence-corrected chi connectivity index (χ4v) is 2.95. The second-order valence-corrected chi connectivity index (χ2v) is 6.22. The van der Waals surface area contributed by atoms with E-state index in [9.17, 15) is 4.39 Å². The Kier molecular flexibility index (Phi) is 4.09. The molecule has 2 atom stereocenters. The number of hydrogen-bond donors (Lipinski definition) is 1. The molecule has 4 heteroatoms. The van der Waals surface area contributed by atoms with E-state index in [4.69, 9.17) is 4.74 Å². The van der Waals surface area contributed by atoms with Gasteiger partial charge >= 0.3 is 0 Å². The molecule has 0 heterocycles. The van der Waals surface area contributed by atoms with E-state index >= 15 is 0 Å². The van der Waals surface area contributed by atoms with Crippen molar-refractivity contribution in [2.75, 3.05) is 7.11 Å². The average Bonchev–Trinajstić information content (AvgIpc) is 2.33. The van der Waals surface area contributed by atoms with Gasteiger partial charge in [0.25, 0.3) is 0 Å². The van der Waals surface area contributed by atoms with Crippen molar-refractivity contribution >= 4 is 15.9 Å². The van der Waals surface area contributed by atoms with Gasteiger partial charge in [-0.05, 0) is 34.0 Å². The van der Waals surface area contributed by atoms with Crippen molar-refractivity contribution in [3.8, 4) is 0 Å². The molecule has 1 aliphatic carbocycles. The Morgan fingerprint density at radius 3 is 2.83 bits per heavy atom. The molecule has 18 heavy (non-hydrogen) atoms. The van der Waals surface area contributed by atoms with Crippen molar-refractivity contribution in [2.45, 2.75) is 39.0 Å². The predicted octanol–water partition coefficient (Wildman–Crippen LogP) is 3.49. The standard InChI is InChI=1S/C14H19BrFNO/c1-14(2)11(7-12(14)18-3)17-8-9-5-4-6-10(16)13(9)15/h4-6,11-12,17H,7-8H2,1-3H3. The lowest BCUT2D eigenvalue weighted by Gasteiger charge is -2.51. The first-order chi connectivity index (χ1) is 8.46. The van der Waals surface area contributed by atoms with E-state index in [-0.39, 0.29) is 11.2 Å². The lowest BCUT2D eigenvalue weighted by Crippen LogP contribution is -2.60. The highest BCUT2D eigenvalue weighted by atomic mass is 79.9. The van der Waals surface area contributed by atoms with Crippen molar-refractivity contribution in [3.63, 3.8) is 0 Å². The molecule has 0 amide bonds. The van der Waals surface area contributed by atoms with Crippen molar-refractivity contribution < 1.29 is 9.13 Å². The Morgan fingerprint density at radius 2 is 2.22 bits per heavy atom. The van der Waals surface area contributed by atoms with E-state index in [1.54, 1.807) is 13.2 Å². The van der Waals surface area contributed by atoms with Crippen LogP contribution in [0.4, 0.5) is 4.39 Å². The van der Waals surface area contributed by atoms with Gasteiger partial charge in [0.15, 0.2) is 0 Å². The summed E-state index contributed by atoms with van der Waals surface area (Å²) < 4.78 is 19.3. The van der Waals surface area contributed by atoms with Gasteiger partial charge in [-0.15, -0.1) is 0 Å². The van der Waals surface area contributed by atoms with Gasteiger partial charge in [-0.25, -0.2) is 4.39 Å². The SMILES string of the molecule is COC1CC(NCc2cccc(F)c2Br)C1(C)C. The molecule has 0 aromatic heterocycles. The molecule has 0 saturated heterocycles. The second kappa shape index (κ2) is 5.27. The monoisotopic (exact) mass is 315 g/mol. The summed E-state index contributed by atoms with van der Waals surface area (Å²) in [7, 11) is 1.76. The fraction of sp³-hybridized carbons (Fsp3) is 0.571. The minimum absolute atomic E-state index is 0.133. The molecular formula is C14H19BrFNO. The van der Waals surface area contributed by atoms with Crippen molar-refractivity contribution in [3.05, 3.63) is 34.1 Å². The largest absolute Gasteiger partial charge is 0.381 e. The molecule has 1 fully saturated rings. The van der Waals surface area contributed by atoms with E-state index < -0.39 is 0 Å². The number of rotatable bonds is 4. The third kappa shape index (κ3) is 2.46. The van der Waals surface area contributed by atoms with Crippen LogP contribution in [0.3, 0.4) is 0 Å². The number of nitrogens with one attached hydrogen (secondary N) is 1. The highest BCUT2D eigenvalue weighted by Crippen LogP contribution is 2.42. The van der Waals surface area contributed by atoms with E-state index in [1.165, 1.54) is 6.07 Å². The summed E-state index contributed by atoms with van der Waals surface area (Å²) in [4.78, 5) is 0. The third-order valence-electron chi connectivity index (χ3n) is 4.03. The van der Waals surface area contributed by atoms with Crippen LogP contribution in [0.2, 0.25) is 0 Å². The molecule has 2 unspecified atom stereocenters. The number of ether oxygens (including phenoxy) is 1. The molecule has 0 spiro atoms. The van der Waals surface area contributed by atoms with Gasteiger partial charge < -0.3 is 10.1 Å². The van der Waals surface area contributed by atoms with Crippen molar-refractivity contribution in [2.24, 2.45) is 5.41 Å². The topological polar surface area (TPSA) is 21.3 Å². The Labute approximate surface area is 116 Å². The van der Waals surface area contributed by atoms with Gasteiger partial charge in [-0.1, -0.05) is 26.0 Å². The zero-order valence-electron chi connectivity index (χ0n) is 11.0. The van der Waals surface area contributed by atoms with E-state index in [2.05, 4.69) is 35.1 Å². The highest BCUT2D eigenvalue weighted by molar-refractivity contribution is 9.10. The molecule has 0 bridgehead atoms. The maximum absolute atomic E-state index is 13.4. The summed E-state index contributed by atoms with van der Waals surface area (Å²) >= 11 is 3.28. The van der Waals surface area contributed by atoms with Crippen LogP contribution in [0.15, 0.2) is 22.7 Å². The fourth-order valence-electron chi connectivity index (χ4n) is 2.55. The molecule has 0 radical (unpaired) electrons. The lowest BCUT2D eigenvalue weighted by atomic mass is 9.64. The first-order valence-corrected chi connectivity index (χ1v) is 6.95. The molecule has 1 aliphatic rings. The van der Waals surface area contributed by atoms with Crippen LogP contribution in [-0.2, 0) is 11.3 Å². The Bertz CT molecular complexity index is 436. The van der Waals surface area contributed by atoms with Crippen LogP contribution in [0, 0.1) is 11.2 Å². The Balaban J connectivity index is 1.95. The normalized spacial score (nSPS) is 25.8. The summed E-state index contributed by atoms with van der Waals surface area (Å²) in [6.45, 7) is 5.06. The molecule has 1 saturated carbocycles. The van der Waals surface area contributed by atoms with E-state index in [0.29, 0.717) is 23.2 Å². The predicted molar refractivity (Wildman–Crippen MR) is 73.9 cm³/mol. The zero-order valence-corrected chi connectivity index (χ0v) is 12.6. The zero-order chi connectivity index (χ0) is 13.3. The maximum Gasteiger partial charge on any atom is 0.137 e. The van der Waals surface area contributed by atoms with Gasteiger partial charge in [-0.3, -0.25) is 0 Å². The number of hydrogen-bond acceptors (Lipinski definition) is 2. The van der Waals surface area contributed by atoms with E-state index in [0.717, 1.165) is 12.0 Å². The van der Waals surface area contributed by atoms with Gasteiger partial charge in [0, 0.05) is 25.1 Å². The minimum atomic E-state index is -0.211. The third-order valence-corrected chi connectivity index (χ3v) is 4.92. The molecule has 2 rings (SSSR count). The quantitative estimate of drug-likeness (QED) is 0.918. The van der Waals surface area contributed by atoms with Gasteiger partial charge in [0.2, 0.25) is 0 Å². The molecule has 1 aromatic rings. The number of methoxy groups -OCH3 is 1. The summed E-state index contributed by atoms with van der Waals surface area (Å²) in [6.07, 6.45) is 1.32.